The van der Waals surface area contributed by atoms with Crippen molar-refractivity contribution >= 4 is 28.9 Å². The second kappa shape index (κ2) is 4.43. The van der Waals surface area contributed by atoms with E-state index >= 15 is 0 Å². The molecular weight excluding hydrogens is 265 g/mol. The first kappa shape index (κ1) is 12.0. The summed E-state index contributed by atoms with van der Waals surface area (Å²) in [5, 5.41) is 9.50. The van der Waals surface area contributed by atoms with Gasteiger partial charge in [-0.15, -0.1) is 11.3 Å². The first-order chi connectivity index (χ1) is 7.99. The van der Waals surface area contributed by atoms with Crippen molar-refractivity contribution in [2.75, 3.05) is 0 Å². The van der Waals surface area contributed by atoms with E-state index in [1.54, 1.807) is 6.92 Å². The van der Waals surface area contributed by atoms with Crippen molar-refractivity contribution in [2.24, 2.45) is 0 Å². The maximum absolute atomic E-state index is 13.6. The highest BCUT2D eigenvalue weighted by Crippen LogP contribution is 2.30. The minimum absolute atomic E-state index is 0.0423. The molecule has 0 fully saturated rings. The number of aromatic nitrogens is 1. The van der Waals surface area contributed by atoms with Crippen LogP contribution in [0.3, 0.4) is 0 Å². The molecule has 0 aliphatic heterocycles. The Kier molecular flexibility index (Phi) is 3.13. The van der Waals surface area contributed by atoms with Crippen LogP contribution in [0.1, 0.15) is 15.4 Å². The van der Waals surface area contributed by atoms with Crippen LogP contribution in [-0.4, -0.2) is 16.1 Å². The Morgan fingerprint density at radius 2 is 2.24 bits per heavy atom. The van der Waals surface area contributed by atoms with Crippen molar-refractivity contribution in [1.29, 1.82) is 0 Å². The predicted molar refractivity (Wildman–Crippen MR) is 64.2 cm³/mol. The zero-order valence-electron chi connectivity index (χ0n) is 8.70. The van der Waals surface area contributed by atoms with Gasteiger partial charge in [0, 0.05) is 15.5 Å². The largest absolute Gasteiger partial charge is 0.476 e. The molecule has 1 aromatic carbocycles. The van der Waals surface area contributed by atoms with E-state index < -0.39 is 11.8 Å². The highest BCUT2D eigenvalue weighted by molar-refractivity contribution is 7.15. The van der Waals surface area contributed by atoms with Crippen LogP contribution < -0.4 is 0 Å². The zero-order valence-corrected chi connectivity index (χ0v) is 10.3. The Hall–Kier alpha value is -1.46. The SMILES string of the molecule is Cc1sc(-c2ccc(Cl)cc2F)nc1C(=O)O. The Bertz CT molecular complexity index is 597. The molecule has 0 radical (unpaired) electrons. The molecule has 6 heteroatoms. The Morgan fingerprint density at radius 1 is 1.53 bits per heavy atom. The highest BCUT2D eigenvalue weighted by Gasteiger charge is 2.17. The lowest BCUT2D eigenvalue weighted by molar-refractivity contribution is 0.0690. The number of carboxylic acids is 1. The smallest absolute Gasteiger partial charge is 0.355 e. The lowest BCUT2D eigenvalue weighted by atomic mass is 10.2. The second-order valence-electron chi connectivity index (χ2n) is 3.35. The highest BCUT2D eigenvalue weighted by atomic mass is 35.5. The number of thiazole rings is 1. The number of rotatable bonds is 2. The number of carbonyl (C=O) groups is 1. The Labute approximate surface area is 106 Å². The summed E-state index contributed by atoms with van der Waals surface area (Å²) in [6.07, 6.45) is 0. The van der Waals surface area contributed by atoms with Crippen LogP contribution in [-0.2, 0) is 0 Å². The summed E-state index contributed by atoms with van der Waals surface area (Å²) in [7, 11) is 0. The van der Waals surface area contributed by atoms with E-state index in [0.29, 0.717) is 9.88 Å². The molecule has 0 spiro atoms. The van der Waals surface area contributed by atoms with Crippen molar-refractivity contribution in [1.82, 2.24) is 4.98 Å². The molecule has 0 saturated heterocycles. The summed E-state index contributed by atoms with van der Waals surface area (Å²) in [4.78, 5) is 15.3. The summed E-state index contributed by atoms with van der Waals surface area (Å²) >= 11 is 6.78. The molecule has 2 rings (SSSR count). The van der Waals surface area contributed by atoms with Crippen LogP contribution in [0.5, 0.6) is 0 Å². The van der Waals surface area contributed by atoms with Crippen molar-refractivity contribution < 1.29 is 14.3 Å². The van der Waals surface area contributed by atoms with Crippen molar-refractivity contribution in [3.8, 4) is 10.6 Å². The summed E-state index contributed by atoms with van der Waals surface area (Å²) in [5.74, 6) is -1.62. The Balaban J connectivity index is 2.53. The average molecular weight is 272 g/mol. The molecule has 0 saturated carbocycles. The number of nitrogens with zero attached hydrogens (tertiary/aromatic N) is 1. The van der Waals surface area contributed by atoms with E-state index in [2.05, 4.69) is 4.98 Å². The van der Waals surface area contributed by atoms with Crippen LogP contribution in [0.25, 0.3) is 10.6 Å². The second-order valence-corrected chi connectivity index (χ2v) is 4.99. The van der Waals surface area contributed by atoms with Gasteiger partial charge in [-0.1, -0.05) is 11.6 Å². The molecule has 1 heterocycles. The van der Waals surface area contributed by atoms with E-state index in [1.807, 2.05) is 0 Å². The van der Waals surface area contributed by atoms with Gasteiger partial charge in [0.2, 0.25) is 0 Å². The topological polar surface area (TPSA) is 50.2 Å². The van der Waals surface area contributed by atoms with Gasteiger partial charge in [-0.3, -0.25) is 0 Å². The molecule has 1 aromatic heterocycles. The number of carboxylic acid groups (broad SMARTS) is 1. The lowest BCUT2D eigenvalue weighted by Crippen LogP contribution is -1.98. The molecule has 17 heavy (non-hydrogen) atoms. The number of hydrogen-bond acceptors (Lipinski definition) is 3. The molecular formula is C11H7ClFNO2S. The zero-order chi connectivity index (χ0) is 12.6. The summed E-state index contributed by atoms with van der Waals surface area (Å²) in [6.45, 7) is 1.64. The molecule has 2 aromatic rings. The fraction of sp³-hybridized carbons (Fsp3) is 0.0909. The number of aromatic carboxylic acids is 1. The van der Waals surface area contributed by atoms with Crippen LogP contribution in [0, 0.1) is 12.7 Å². The third-order valence-electron chi connectivity index (χ3n) is 2.16. The molecule has 0 unspecified atom stereocenters. The maximum Gasteiger partial charge on any atom is 0.355 e. The molecule has 1 N–H and O–H groups in total. The molecule has 0 bridgehead atoms. The van der Waals surface area contributed by atoms with Gasteiger partial charge in [-0.25, -0.2) is 14.2 Å². The fourth-order valence-electron chi connectivity index (χ4n) is 1.37. The summed E-state index contributed by atoms with van der Waals surface area (Å²) in [6, 6.07) is 4.20. The molecule has 0 aliphatic rings. The normalized spacial score (nSPS) is 10.5. The number of hydrogen-bond donors (Lipinski definition) is 1. The Morgan fingerprint density at radius 3 is 2.76 bits per heavy atom. The van der Waals surface area contributed by atoms with Gasteiger partial charge in [0.15, 0.2) is 5.69 Å². The standard InChI is InChI=1S/C11H7ClFNO2S/c1-5-9(11(15)16)14-10(17-5)7-3-2-6(12)4-8(7)13/h2-4H,1H3,(H,15,16). The lowest BCUT2D eigenvalue weighted by Gasteiger charge is -1.98. The maximum atomic E-state index is 13.6. The predicted octanol–water partition coefficient (Wildman–Crippen LogP) is 3.61. The first-order valence-electron chi connectivity index (χ1n) is 4.65. The molecule has 3 nitrogen and oxygen atoms in total. The van der Waals surface area contributed by atoms with Crippen molar-refractivity contribution in [3.63, 3.8) is 0 Å². The molecule has 0 atom stereocenters. The van der Waals surface area contributed by atoms with Gasteiger partial charge >= 0.3 is 5.97 Å². The van der Waals surface area contributed by atoms with Gasteiger partial charge in [-0.2, -0.15) is 0 Å². The third kappa shape index (κ3) is 2.30. The molecule has 0 amide bonds. The van der Waals surface area contributed by atoms with E-state index in [-0.39, 0.29) is 16.3 Å². The minimum atomic E-state index is -1.11. The minimum Gasteiger partial charge on any atom is -0.476 e. The van der Waals surface area contributed by atoms with Crippen LogP contribution in [0.15, 0.2) is 18.2 Å². The number of halogens is 2. The quantitative estimate of drug-likeness (QED) is 0.908. The third-order valence-corrected chi connectivity index (χ3v) is 3.40. The van der Waals surface area contributed by atoms with Crippen LogP contribution >= 0.6 is 22.9 Å². The van der Waals surface area contributed by atoms with Gasteiger partial charge in [0.05, 0.1) is 0 Å². The summed E-state index contributed by atoms with van der Waals surface area (Å²) in [5.41, 5.74) is 0.217. The number of aryl methyl sites for hydroxylation is 1. The monoisotopic (exact) mass is 271 g/mol. The van der Waals surface area contributed by atoms with E-state index in [1.165, 1.54) is 18.2 Å². The average Bonchev–Trinajstić information content (AvgIpc) is 2.60. The molecule has 88 valence electrons. The van der Waals surface area contributed by atoms with Gasteiger partial charge in [0.25, 0.3) is 0 Å². The summed E-state index contributed by atoms with van der Waals surface area (Å²) < 4.78 is 13.6. The van der Waals surface area contributed by atoms with Gasteiger partial charge in [0.1, 0.15) is 10.8 Å². The van der Waals surface area contributed by atoms with Gasteiger partial charge in [-0.05, 0) is 25.1 Å². The molecule has 0 aliphatic carbocycles. The van der Waals surface area contributed by atoms with Crippen molar-refractivity contribution in [2.45, 2.75) is 6.92 Å². The first-order valence-corrected chi connectivity index (χ1v) is 5.84. The van der Waals surface area contributed by atoms with Crippen LogP contribution in [0.4, 0.5) is 4.39 Å². The van der Waals surface area contributed by atoms with Crippen molar-refractivity contribution in [3.05, 3.63) is 39.6 Å². The van der Waals surface area contributed by atoms with Crippen LogP contribution in [0.2, 0.25) is 5.02 Å². The fourth-order valence-corrected chi connectivity index (χ4v) is 2.46. The van der Waals surface area contributed by atoms with Gasteiger partial charge < -0.3 is 5.11 Å². The number of benzene rings is 1. The van der Waals surface area contributed by atoms with E-state index in [9.17, 15) is 9.18 Å². The van der Waals surface area contributed by atoms with E-state index in [4.69, 9.17) is 16.7 Å². The van der Waals surface area contributed by atoms with E-state index in [0.717, 1.165) is 11.3 Å².